The van der Waals surface area contributed by atoms with E-state index in [1.54, 1.807) is 0 Å². The van der Waals surface area contributed by atoms with Gasteiger partial charge in [0.1, 0.15) is 0 Å². The van der Waals surface area contributed by atoms with Gasteiger partial charge >= 0.3 is 12.1 Å². The van der Waals surface area contributed by atoms with E-state index in [0.717, 1.165) is 19.7 Å². The Morgan fingerprint density at radius 1 is 1.56 bits per heavy atom. The first-order valence-electron chi connectivity index (χ1n) is 4.36. The van der Waals surface area contributed by atoms with Crippen LogP contribution in [0.1, 0.15) is 0 Å². The summed E-state index contributed by atoms with van der Waals surface area (Å²) in [5.41, 5.74) is 0. The Kier molecular flexibility index (Phi) is 6.44. The number of rotatable bonds is 0. The molecule has 1 rings (SSSR count). The maximum Gasteiger partial charge on any atom is 0.490 e. The van der Waals surface area contributed by atoms with Crippen molar-refractivity contribution >= 4 is 5.97 Å². The van der Waals surface area contributed by atoms with Gasteiger partial charge in [0.05, 0.1) is 25.2 Å². The second-order valence-electron chi connectivity index (χ2n) is 2.91. The van der Waals surface area contributed by atoms with Crippen LogP contribution in [0.25, 0.3) is 0 Å². The molecule has 1 unspecified atom stereocenters. The van der Waals surface area contributed by atoms with Crippen LogP contribution in [0.3, 0.4) is 0 Å². The van der Waals surface area contributed by atoms with Crippen LogP contribution in [0.15, 0.2) is 0 Å². The van der Waals surface area contributed by atoms with E-state index in [1.165, 1.54) is 0 Å². The Balaban J connectivity index is 0.000000293. The predicted octanol–water partition coefficient (Wildman–Crippen LogP) is 0.379. The molecule has 8 heteroatoms. The van der Waals surface area contributed by atoms with Crippen molar-refractivity contribution in [3.63, 3.8) is 0 Å². The maximum absolute atomic E-state index is 10.6. The molecule has 0 aromatic heterocycles. The Hall–Kier alpha value is -1.33. The highest BCUT2D eigenvalue weighted by molar-refractivity contribution is 5.73. The lowest BCUT2D eigenvalue weighted by molar-refractivity contribution is -0.192. The molecule has 1 aliphatic heterocycles. The van der Waals surface area contributed by atoms with Gasteiger partial charge in [0.25, 0.3) is 0 Å². The molecule has 0 saturated carbocycles. The fourth-order valence-corrected chi connectivity index (χ4v) is 0.788. The normalized spacial score (nSPS) is 21.0. The van der Waals surface area contributed by atoms with Gasteiger partial charge in [0.2, 0.25) is 0 Å². The minimum absolute atomic E-state index is 0.0486. The second-order valence-corrected chi connectivity index (χ2v) is 2.91. The Morgan fingerprint density at radius 2 is 2.12 bits per heavy atom. The summed E-state index contributed by atoms with van der Waals surface area (Å²) in [5, 5.41) is 18.7. The van der Waals surface area contributed by atoms with Crippen molar-refractivity contribution in [2.24, 2.45) is 5.92 Å². The topological polar surface area (TPSA) is 82.3 Å². The summed E-state index contributed by atoms with van der Waals surface area (Å²) in [6.07, 6.45) is -5.08. The molecule has 0 radical (unpaired) electrons. The van der Waals surface area contributed by atoms with Crippen LogP contribution < -0.4 is 5.32 Å². The van der Waals surface area contributed by atoms with E-state index in [9.17, 15) is 13.2 Å². The number of alkyl halides is 3. The molecular weight excluding hydrogens is 229 g/mol. The summed E-state index contributed by atoms with van der Waals surface area (Å²) in [6, 6.07) is 2.16. The molecule has 0 spiro atoms. The molecule has 1 fully saturated rings. The number of hydrogen-bond acceptors (Lipinski definition) is 4. The first-order chi connectivity index (χ1) is 7.38. The molecule has 0 aliphatic carbocycles. The van der Waals surface area contributed by atoms with Crippen LogP contribution in [-0.2, 0) is 9.53 Å². The number of nitrogens with zero attached hydrogens (tertiary/aromatic N) is 1. The number of halogens is 3. The van der Waals surface area contributed by atoms with Crippen molar-refractivity contribution in [2.75, 3.05) is 26.3 Å². The molecule has 2 N–H and O–H groups in total. The fraction of sp³-hybridized carbons (Fsp3) is 0.750. The van der Waals surface area contributed by atoms with Gasteiger partial charge in [-0.15, -0.1) is 0 Å². The molecule has 92 valence electrons. The van der Waals surface area contributed by atoms with Gasteiger partial charge in [-0.05, 0) is 0 Å². The zero-order chi connectivity index (χ0) is 12.6. The van der Waals surface area contributed by atoms with E-state index in [4.69, 9.17) is 19.9 Å². The number of carbonyl (C=O) groups is 1. The highest BCUT2D eigenvalue weighted by atomic mass is 19.4. The number of carboxylic acids is 1. The highest BCUT2D eigenvalue weighted by Crippen LogP contribution is 2.13. The number of hydrogen-bond donors (Lipinski definition) is 2. The number of aliphatic carboxylic acids is 1. The van der Waals surface area contributed by atoms with Crippen molar-refractivity contribution in [1.82, 2.24) is 5.32 Å². The second kappa shape index (κ2) is 7.03. The van der Waals surface area contributed by atoms with E-state index >= 15 is 0 Å². The van der Waals surface area contributed by atoms with Crippen LogP contribution in [-0.4, -0.2) is 43.6 Å². The quantitative estimate of drug-likeness (QED) is 0.639. The first kappa shape index (κ1) is 14.7. The van der Waals surface area contributed by atoms with E-state index < -0.39 is 12.1 Å². The van der Waals surface area contributed by atoms with Crippen molar-refractivity contribution in [2.45, 2.75) is 6.18 Å². The monoisotopic (exact) mass is 240 g/mol. The van der Waals surface area contributed by atoms with E-state index in [1.807, 2.05) is 0 Å². The summed E-state index contributed by atoms with van der Waals surface area (Å²) >= 11 is 0. The number of carboxylic acid groups (broad SMARTS) is 1. The third kappa shape index (κ3) is 7.03. The zero-order valence-electron chi connectivity index (χ0n) is 8.25. The van der Waals surface area contributed by atoms with Crippen molar-refractivity contribution < 1.29 is 27.8 Å². The third-order valence-corrected chi connectivity index (χ3v) is 1.56. The van der Waals surface area contributed by atoms with Crippen molar-refractivity contribution in [3.05, 3.63) is 0 Å². The average Bonchev–Trinajstić information content (AvgIpc) is 2.44. The summed E-state index contributed by atoms with van der Waals surface area (Å²) < 4.78 is 36.8. The molecule has 0 amide bonds. The Bertz CT molecular complexity index is 254. The highest BCUT2D eigenvalue weighted by Gasteiger charge is 2.38. The number of ether oxygens (including phenoxy) is 1. The SMILES string of the molecule is N#CC1CNCCOC1.O=C(O)C(F)(F)F. The van der Waals surface area contributed by atoms with E-state index in [-0.39, 0.29) is 5.92 Å². The summed E-state index contributed by atoms with van der Waals surface area (Å²) in [5.74, 6) is -2.71. The van der Waals surface area contributed by atoms with Crippen molar-refractivity contribution in [3.8, 4) is 6.07 Å². The molecule has 1 saturated heterocycles. The van der Waals surface area contributed by atoms with Crippen molar-refractivity contribution in [1.29, 1.82) is 5.26 Å². The maximum atomic E-state index is 10.6. The third-order valence-electron chi connectivity index (χ3n) is 1.56. The lowest BCUT2D eigenvalue weighted by atomic mass is 10.2. The smallest absolute Gasteiger partial charge is 0.475 e. The van der Waals surface area contributed by atoms with Gasteiger partial charge in [-0.25, -0.2) is 4.79 Å². The molecule has 0 aromatic carbocycles. The molecule has 0 aromatic rings. The Labute approximate surface area is 89.8 Å². The largest absolute Gasteiger partial charge is 0.490 e. The van der Waals surface area contributed by atoms with E-state index in [2.05, 4.69) is 11.4 Å². The number of nitriles is 1. The standard InChI is InChI=1S/C6H10N2O.C2HF3O2/c7-3-6-4-8-1-2-9-5-6;3-2(4,5)1(6)7/h6,8H,1-2,4-5H2;(H,6,7). The van der Waals surface area contributed by atoms with Gasteiger partial charge in [0.15, 0.2) is 0 Å². The van der Waals surface area contributed by atoms with Gasteiger partial charge in [-0.3, -0.25) is 0 Å². The molecule has 16 heavy (non-hydrogen) atoms. The molecular formula is C8H11F3N2O3. The van der Waals surface area contributed by atoms with E-state index in [0.29, 0.717) is 6.61 Å². The zero-order valence-corrected chi connectivity index (χ0v) is 8.25. The minimum atomic E-state index is -5.08. The fourth-order valence-electron chi connectivity index (χ4n) is 0.788. The van der Waals surface area contributed by atoms with Gasteiger partial charge in [-0.1, -0.05) is 0 Å². The molecule has 0 bridgehead atoms. The minimum Gasteiger partial charge on any atom is -0.475 e. The Morgan fingerprint density at radius 3 is 2.56 bits per heavy atom. The van der Waals surface area contributed by atoms with Crippen LogP contribution in [0.5, 0.6) is 0 Å². The lowest BCUT2D eigenvalue weighted by Crippen LogP contribution is -2.21. The van der Waals surface area contributed by atoms with Gasteiger partial charge < -0.3 is 15.2 Å². The summed E-state index contributed by atoms with van der Waals surface area (Å²) in [4.78, 5) is 8.90. The van der Waals surface area contributed by atoms with Crippen LogP contribution in [0.4, 0.5) is 13.2 Å². The van der Waals surface area contributed by atoms with Crippen LogP contribution >= 0.6 is 0 Å². The summed E-state index contributed by atoms with van der Waals surface area (Å²) in [7, 11) is 0. The predicted molar refractivity (Wildman–Crippen MR) is 46.5 cm³/mol. The van der Waals surface area contributed by atoms with Crippen LogP contribution in [0, 0.1) is 17.2 Å². The molecule has 1 atom stereocenters. The lowest BCUT2D eigenvalue weighted by Gasteiger charge is -2.00. The van der Waals surface area contributed by atoms with Crippen LogP contribution in [0.2, 0.25) is 0 Å². The van der Waals surface area contributed by atoms with Gasteiger partial charge in [0, 0.05) is 13.1 Å². The summed E-state index contributed by atoms with van der Waals surface area (Å²) in [6.45, 7) is 2.97. The van der Waals surface area contributed by atoms with Gasteiger partial charge in [-0.2, -0.15) is 18.4 Å². The molecule has 1 aliphatic rings. The molecule has 5 nitrogen and oxygen atoms in total. The molecule has 1 heterocycles. The number of nitrogens with one attached hydrogen (secondary N) is 1. The first-order valence-corrected chi connectivity index (χ1v) is 4.36. The average molecular weight is 240 g/mol.